The molecule has 2 saturated heterocycles. The Labute approximate surface area is 193 Å². The minimum Gasteiger partial charge on any atom is -0.388 e. The lowest BCUT2D eigenvalue weighted by Gasteiger charge is -2.29. The molecule has 0 radical (unpaired) electrons. The van der Waals surface area contributed by atoms with Crippen LogP contribution in [0.3, 0.4) is 0 Å². The van der Waals surface area contributed by atoms with Gasteiger partial charge >= 0.3 is 0 Å². The first-order chi connectivity index (χ1) is 15.7. The van der Waals surface area contributed by atoms with Gasteiger partial charge in [-0.3, -0.25) is 0 Å². The molecule has 0 aromatic rings. The van der Waals surface area contributed by atoms with Gasteiger partial charge in [-0.1, -0.05) is 0 Å². The second-order valence-corrected chi connectivity index (χ2v) is 10.5. The normalized spacial score (nSPS) is 35.5. The molecule has 2 saturated carbocycles. The minimum absolute atomic E-state index is 0.364. The molecule has 1 N–H and O–H groups in total. The monoisotopic (exact) mass is 456 g/mol. The number of aliphatic hydroxyl groups is 1. The minimum atomic E-state index is -0.529. The van der Waals surface area contributed by atoms with Crippen LogP contribution in [-0.4, -0.2) is 89.5 Å². The maximum absolute atomic E-state index is 10.2. The van der Waals surface area contributed by atoms with Crippen molar-refractivity contribution < 1.29 is 33.5 Å². The van der Waals surface area contributed by atoms with E-state index in [1.165, 1.54) is 51.4 Å². The standard InChI is InChI=1S/C25H44O7/c26-23(13-27-9-19-1-5-21(6-2-19)11-29-15-24-17-31-24)14-28-10-20-3-7-22(8-4-20)12-30-16-25-18-32-25/h19-26H,1-18H2. The summed E-state index contributed by atoms with van der Waals surface area (Å²) in [6, 6.07) is 0. The Morgan fingerprint density at radius 3 is 1.16 bits per heavy atom. The van der Waals surface area contributed by atoms with Crippen molar-refractivity contribution in [3.63, 3.8) is 0 Å². The van der Waals surface area contributed by atoms with Gasteiger partial charge in [0.15, 0.2) is 0 Å². The van der Waals surface area contributed by atoms with E-state index < -0.39 is 6.10 Å². The Hall–Kier alpha value is -0.280. The molecule has 4 fully saturated rings. The Morgan fingerprint density at radius 1 is 0.531 bits per heavy atom. The van der Waals surface area contributed by atoms with E-state index in [1.54, 1.807) is 0 Å². The van der Waals surface area contributed by atoms with Crippen molar-refractivity contribution in [2.75, 3.05) is 66.1 Å². The smallest absolute Gasteiger partial charge is 0.104 e. The number of aliphatic hydroxyl groups excluding tert-OH is 1. The topological polar surface area (TPSA) is 82.2 Å². The molecule has 186 valence electrons. The quantitative estimate of drug-likeness (QED) is 0.358. The summed E-state index contributed by atoms with van der Waals surface area (Å²) in [7, 11) is 0. The van der Waals surface area contributed by atoms with Gasteiger partial charge in [-0.05, 0) is 75.0 Å². The molecule has 2 aliphatic heterocycles. The van der Waals surface area contributed by atoms with E-state index in [0.717, 1.165) is 52.9 Å². The zero-order chi connectivity index (χ0) is 22.0. The summed E-state index contributed by atoms with van der Waals surface area (Å²) in [4.78, 5) is 0. The predicted octanol–water partition coefficient (Wildman–Crippen LogP) is 2.82. The van der Waals surface area contributed by atoms with Crippen molar-refractivity contribution in [3.05, 3.63) is 0 Å². The van der Waals surface area contributed by atoms with Gasteiger partial charge in [-0.25, -0.2) is 0 Å². The van der Waals surface area contributed by atoms with Gasteiger partial charge in [0.05, 0.1) is 39.6 Å². The Bertz CT molecular complexity index is 451. The molecular weight excluding hydrogens is 412 g/mol. The third-order valence-corrected chi connectivity index (χ3v) is 7.38. The second kappa shape index (κ2) is 13.6. The number of ether oxygens (including phenoxy) is 6. The first-order valence-corrected chi connectivity index (χ1v) is 13.0. The van der Waals surface area contributed by atoms with E-state index in [-0.39, 0.29) is 0 Å². The fraction of sp³-hybridized carbons (Fsp3) is 1.00. The third kappa shape index (κ3) is 9.92. The number of hydrogen-bond donors (Lipinski definition) is 1. The van der Waals surface area contributed by atoms with Crippen LogP contribution in [0.5, 0.6) is 0 Å². The summed E-state index contributed by atoms with van der Waals surface area (Å²) >= 11 is 0. The molecular formula is C25H44O7. The molecule has 2 atom stereocenters. The maximum atomic E-state index is 10.2. The molecule has 2 heterocycles. The highest BCUT2D eigenvalue weighted by Gasteiger charge is 2.26. The molecule has 2 unspecified atom stereocenters. The van der Waals surface area contributed by atoms with Gasteiger partial charge in [0.25, 0.3) is 0 Å². The lowest BCUT2D eigenvalue weighted by Crippen LogP contribution is -2.27. The Kier molecular flexibility index (Phi) is 10.5. The first kappa shape index (κ1) is 24.8. The molecule has 0 aromatic heterocycles. The van der Waals surface area contributed by atoms with Crippen molar-refractivity contribution in [3.8, 4) is 0 Å². The van der Waals surface area contributed by atoms with Crippen LogP contribution in [0.4, 0.5) is 0 Å². The molecule has 7 heteroatoms. The van der Waals surface area contributed by atoms with Crippen LogP contribution in [0.25, 0.3) is 0 Å². The van der Waals surface area contributed by atoms with Crippen LogP contribution in [0.1, 0.15) is 51.4 Å². The van der Waals surface area contributed by atoms with E-state index in [0.29, 0.717) is 49.1 Å². The van der Waals surface area contributed by atoms with Gasteiger partial charge < -0.3 is 33.5 Å². The first-order valence-electron chi connectivity index (χ1n) is 13.0. The zero-order valence-electron chi connectivity index (χ0n) is 19.7. The van der Waals surface area contributed by atoms with E-state index in [9.17, 15) is 5.11 Å². The zero-order valence-corrected chi connectivity index (χ0v) is 19.7. The van der Waals surface area contributed by atoms with Gasteiger partial charge in [-0.2, -0.15) is 0 Å². The summed E-state index contributed by atoms with van der Waals surface area (Å²) in [5, 5.41) is 10.2. The molecule has 32 heavy (non-hydrogen) atoms. The van der Waals surface area contributed by atoms with E-state index in [1.807, 2.05) is 0 Å². The number of hydrogen-bond acceptors (Lipinski definition) is 7. The van der Waals surface area contributed by atoms with Crippen LogP contribution in [-0.2, 0) is 28.4 Å². The van der Waals surface area contributed by atoms with Crippen LogP contribution >= 0.6 is 0 Å². The molecule has 0 spiro atoms. The highest BCUT2D eigenvalue weighted by Crippen LogP contribution is 2.30. The van der Waals surface area contributed by atoms with Crippen molar-refractivity contribution in [1.29, 1.82) is 0 Å². The van der Waals surface area contributed by atoms with Gasteiger partial charge in [0, 0.05) is 26.4 Å². The van der Waals surface area contributed by atoms with Crippen molar-refractivity contribution >= 4 is 0 Å². The SMILES string of the molecule is OC(COCC1CCC(COCC2CO2)CC1)COCC1CCC(COCC2CO2)CC1. The Balaban J connectivity index is 0.938. The molecule has 0 bridgehead atoms. The summed E-state index contributed by atoms with van der Waals surface area (Å²) in [5.74, 6) is 2.59. The van der Waals surface area contributed by atoms with Crippen LogP contribution < -0.4 is 0 Å². The summed E-state index contributed by atoms with van der Waals surface area (Å²) in [6.07, 6.45) is 9.85. The lowest BCUT2D eigenvalue weighted by molar-refractivity contribution is -0.0403. The van der Waals surface area contributed by atoms with Gasteiger partial charge in [-0.15, -0.1) is 0 Å². The molecule has 0 aromatic carbocycles. The van der Waals surface area contributed by atoms with Gasteiger partial charge in [0.2, 0.25) is 0 Å². The Morgan fingerprint density at radius 2 is 0.844 bits per heavy atom. The van der Waals surface area contributed by atoms with Crippen LogP contribution in [0, 0.1) is 23.7 Å². The number of epoxide rings is 2. The molecule has 4 aliphatic rings. The second-order valence-electron chi connectivity index (χ2n) is 10.5. The van der Waals surface area contributed by atoms with Crippen molar-refractivity contribution in [2.24, 2.45) is 23.7 Å². The predicted molar refractivity (Wildman–Crippen MR) is 120 cm³/mol. The molecule has 7 nitrogen and oxygen atoms in total. The fourth-order valence-corrected chi connectivity index (χ4v) is 4.98. The number of rotatable bonds is 16. The summed E-state index contributed by atoms with van der Waals surface area (Å²) in [6.45, 7) is 7.25. The van der Waals surface area contributed by atoms with Crippen LogP contribution in [0.15, 0.2) is 0 Å². The lowest BCUT2D eigenvalue weighted by atomic mass is 9.83. The highest BCUT2D eigenvalue weighted by atomic mass is 16.6. The largest absolute Gasteiger partial charge is 0.388 e. The average molecular weight is 457 g/mol. The van der Waals surface area contributed by atoms with Gasteiger partial charge in [0.1, 0.15) is 18.3 Å². The molecule has 0 amide bonds. The molecule has 4 rings (SSSR count). The summed E-state index contributed by atoms with van der Waals surface area (Å²) < 4.78 is 33.5. The maximum Gasteiger partial charge on any atom is 0.104 e. The summed E-state index contributed by atoms with van der Waals surface area (Å²) in [5.41, 5.74) is 0. The van der Waals surface area contributed by atoms with E-state index in [2.05, 4.69) is 0 Å². The van der Waals surface area contributed by atoms with Crippen molar-refractivity contribution in [2.45, 2.75) is 69.7 Å². The van der Waals surface area contributed by atoms with Crippen molar-refractivity contribution in [1.82, 2.24) is 0 Å². The van der Waals surface area contributed by atoms with Crippen LogP contribution in [0.2, 0.25) is 0 Å². The fourth-order valence-electron chi connectivity index (χ4n) is 4.98. The molecule has 2 aliphatic carbocycles. The highest BCUT2D eigenvalue weighted by molar-refractivity contribution is 4.75. The van der Waals surface area contributed by atoms with E-state index in [4.69, 9.17) is 28.4 Å². The average Bonchev–Trinajstić information content (AvgIpc) is 3.72. The third-order valence-electron chi connectivity index (χ3n) is 7.38. The van der Waals surface area contributed by atoms with E-state index >= 15 is 0 Å².